The van der Waals surface area contributed by atoms with Crippen LogP contribution in [0.2, 0.25) is 0 Å². The van der Waals surface area contributed by atoms with Gasteiger partial charge in [0.2, 0.25) is 0 Å². The number of carbonyl (C=O) groups excluding carboxylic acids is 1. The van der Waals surface area contributed by atoms with Crippen molar-refractivity contribution in [3.05, 3.63) is 64.0 Å². The molecule has 2 atom stereocenters. The molecule has 2 unspecified atom stereocenters. The highest BCUT2D eigenvalue weighted by Gasteiger charge is 2.35. The van der Waals surface area contributed by atoms with Crippen molar-refractivity contribution < 1.29 is 15.0 Å². The van der Waals surface area contributed by atoms with Gasteiger partial charge in [-0.25, -0.2) is 14.8 Å². The van der Waals surface area contributed by atoms with Gasteiger partial charge in [0.1, 0.15) is 16.5 Å². The number of nitrogens with zero attached hydrogens (tertiary/aromatic N) is 3. The minimum atomic E-state index is -0.530. The molecule has 144 valence electrons. The molecule has 0 saturated carbocycles. The first-order valence-corrected chi connectivity index (χ1v) is 9.67. The number of aromatic nitrogens is 1. The zero-order valence-electron chi connectivity index (χ0n) is 15.3. The smallest absolute Gasteiger partial charge is 0.341 e. The number of phenols is 2. The van der Waals surface area contributed by atoms with Gasteiger partial charge in [-0.05, 0) is 36.8 Å². The summed E-state index contributed by atoms with van der Waals surface area (Å²) < 4.78 is 0. The second kappa shape index (κ2) is 7.37. The summed E-state index contributed by atoms with van der Waals surface area (Å²) >= 11 is 1.44. The standard InChI is InChI=1S/C21H16N4O3S/c1-11-18(19(25-21(28)23-11)14-6-15(26)8-16(27)7-14)20-24-17(10-29-20)13-4-2-12(9-22)3-5-13/h2-8,10,18-19,26-27H,1H3,(H,25,28). The topological polar surface area (TPSA) is 119 Å². The third kappa shape index (κ3) is 3.68. The predicted octanol–water partition coefficient (Wildman–Crippen LogP) is 4.10. The number of rotatable bonds is 3. The molecule has 8 heteroatoms. The van der Waals surface area contributed by atoms with Crippen LogP contribution in [0, 0.1) is 11.3 Å². The number of aliphatic imine (C=N–C) groups is 1. The maximum Gasteiger partial charge on any atom is 0.341 e. The molecular weight excluding hydrogens is 388 g/mol. The lowest BCUT2D eigenvalue weighted by Crippen LogP contribution is -2.38. The monoisotopic (exact) mass is 404 g/mol. The van der Waals surface area contributed by atoms with E-state index < -0.39 is 12.1 Å². The molecule has 7 nitrogen and oxygen atoms in total. The largest absolute Gasteiger partial charge is 0.508 e. The molecule has 1 aliphatic heterocycles. The first-order valence-electron chi connectivity index (χ1n) is 8.79. The van der Waals surface area contributed by atoms with Crippen LogP contribution in [0.5, 0.6) is 11.5 Å². The Balaban J connectivity index is 1.74. The Bertz CT molecular complexity index is 1140. The van der Waals surface area contributed by atoms with E-state index in [2.05, 4.69) is 16.4 Å². The fourth-order valence-electron chi connectivity index (χ4n) is 3.39. The summed E-state index contributed by atoms with van der Waals surface area (Å²) in [5, 5.41) is 34.2. The van der Waals surface area contributed by atoms with Gasteiger partial charge in [-0.1, -0.05) is 12.1 Å². The maximum absolute atomic E-state index is 12.0. The number of nitrogens with one attached hydrogen (secondary N) is 1. The molecule has 0 fully saturated rings. The number of thiazole rings is 1. The highest BCUT2D eigenvalue weighted by atomic mass is 32.1. The zero-order valence-corrected chi connectivity index (χ0v) is 16.1. The van der Waals surface area contributed by atoms with Crippen LogP contribution in [0.1, 0.15) is 35.0 Å². The van der Waals surface area contributed by atoms with E-state index in [-0.39, 0.29) is 17.4 Å². The maximum atomic E-state index is 12.0. The highest BCUT2D eigenvalue weighted by molar-refractivity contribution is 7.10. The molecule has 2 aromatic carbocycles. The zero-order chi connectivity index (χ0) is 20.5. The third-order valence-electron chi connectivity index (χ3n) is 4.72. The number of hydrogen-bond acceptors (Lipinski definition) is 6. The van der Waals surface area contributed by atoms with E-state index in [1.165, 1.54) is 29.5 Å². The number of benzene rings is 2. The molecule has 2 amide bonds. The summed E-state index contributed by atoms with van der Waals surface area (Å²) in [7, 11) is 0. The minimum absolute atomic E-state index is 0.0921. The van der Waals surface area contributed by atoms with Crippen molar-refractivity contribution >= 4 is 23.1 Å². The van der Waals surface area contributed by atoms with Crippen molar-refractivity contribution in [3.8, 4) is 28.8 Å². The third-order valence-corrected chi connectivity index (χ3v) is 5.65. The molecular formula is C21H16N4O3S. The SMILES string of the molecule is CC1=NC(=O)NC(c2cc(O)cc(O)c2)C1c1nc(-c2ccc(C#N)cc2)cs1. The van der Waals surface area contributed by atoms with Gasteiger partial charge in [-0.3, -0.25) is 0 Å². The van der Waals surface area contributed by atoms with E-state index >= 15 is 0 Å². The van der Waals surface area contributed by atoms with E-state index in [1.54, 1.807) is 19.1 Å². The van der Waals surface area contributed by atoms with E-state index in [0.717, 1.165) is 16.3 Å². The van der Waals surface area contributed by atoms with Crippen LogP contribution in [-0.4, -0.2) is 26.9 Å². The predicted molar refractivity (Wildman–Crippen MR) is 109 cm³/mol. The quantitative estimate of drug-likeness (QED) is 0.607. The van der Waals surface area contributed by atoms with Crippen LogP contribution in [0.25, 0.3) is 11.3 Å². The summed E-state index contributed by atoms with van der Waals surface area (Å²) in [6.07, 6.45) is 0. The Morgan fingerprint density at radius 3 is 2.48 bits per heavy atom. The van der Waals surface area contributed by atoms with Gasteiger partial charge in [-0.2, -0.15) is 5.26 Å². The van der Waals surface area contributed by atoms with E-state index in [4.69, 9.17) is 10.2 Å². The number of urea groups is 1. The molecule has 0 saturated heterocycles. The van der Waals surface area contributed by atoms with E-state index in [0.29, 0.717) is 16.8 Å². The molecule has 4 rings (SSSR count). The Morgan fingerprint density at radius 2 is 1.83 bits per heavy atom. The second-order valence-corrected chi connectivity index (χ2v) is 7.59. The van der Waals surface area contributed by atoms with Crippen molar-refractivity contribution in [3.63, 3.8) is 0 Å². The fourth-order valence-corrected chi connectivity index (χ4v) is 4.42. The van der Waals surface area contributed by atoms with Gasteiger partial charge in [-0.15, -0.1) is 11.3 Å². The van der Waals surface area contributed by atoms with Gasteiger partial charge in [0, 0.05) is 22.7 Å². The average molecular weight is 404 g/mol. The molecule has 0 radical (unpaired) electrons. The summed E-state index contributed by atoms with van der Waals surface area (Å²) in [6, 6.07) is 12.5. The van der Waals surface area contributed by atoms with Crippen LogP contribution in [0.4, 0.5) is 4.79 Å². The Labute approximate surface area is 170 Å². The molecule has 0 bridgehead atoms. The number of phenolic OH excluding ortho intramolecular Hbond substituents is 2. The Hall–Kier alpha value is -3.70. The van der Waals surface area contributed by atoms with Gasteiger partial charge < -0.3 is 15.5 Å². The van der Waals surface area contributed by atoms with Crippen LogP contribution in [0.15, 0.2) is 52.8 Å². The normalized spacial score (nSPS) is 18.6. The van der Waals surface area contributed by atoms with Crippen molar-refractivity contribution in [2.45, 2.75) is 18.9 Å². The molecule has 0 aliphatic carbocycles. The van der Waals surface area contributed by atoms with Crippen LogP contribution < -0.4 is 5.32 Å². The highest BCUT2D eigenvalue weighted by Crippen LogP contribution is 2.39. The number of amides is 2. The van der Waals surface area contributed by atoms with Crippen LogP contribution >= 0.6 is 11.3 Å². The van der Waals surface area contributed by atoms with Crippen LogP contribution in [-0.2, 0) is 0 Å². The fraction of sp³-hybridized carbons (Fsp3) is 0.143. The van der Waals surface area contributed by atoms with Gasteiger partial charge in [0.15, 0.2) is 0 Å². The molecule has 29 heavy (non-hydrogen) atoms. The number of carbonyl (C=O) groups is 1. The average Bonchev–Trinajstić information content (AvgIpc) is 3.16. The van der Waals surface area contributed by atoms with Crippen molar-refractivity contribution in [1.29, 1.82) is 5.26 Å². The Kier molecular flexibility index (Phi) is 4.74. The summed E-state index contributed by atoms with van der Waals surface area (Å²) in [5.41, 5.74) is 3.38. The minimum Gasteiger partial charge on any atom is -0.508 e. The summed E-state index contributed by atoms with van der Waals surface area (Å²) in [5.74, 6) is -0.526. The molecule has 0 spiro atoms. The summed E-state index contributed by atoms with van der Waals surface area (Å²) in [4.78, 5) is 20.8. The van der Waals surface area contributed by atoms with Gasteiger partial charge >= 0.3 is 6.03 Å². The van der Waals surface area contributed by atoms with Crippen molar-refractivity contribution in [1.82, 2.24) is 10.3 Å². The lowest BCUT2D eigenvalue weighted by Gasteiger charge is -2.30. The number of aromatic hydroxyl groups is 2. The number of hydrogen-bond donors (Lipinski definition) is 3. The molecule has 2 heterocycles. The lowest BCUT2D eigenvalue weighted by molar-refractivity contribution is 0.242. The van der Waals surface area contributed by atoms with E-state index in [9.17, 15) is 15.0 Å². The lowest BCUT2D eigenvalue weighted by atomic mass is 9.88. The van der Waals surface area contributed by atoms with Gasteiger partial charge in [0.25, 0.3) is 0 Å². The molecule has 3 N–H and O–H groups in total. The molecule has 1 aliphatic rings. The van der Waals surface area contributed by atoms with Crippen LogP contribution in [0.3, 0.4) is 0 Å². The Morgan fingerprint density at radius 1 is 1.14 bits per heavy atom. The first kappa shape index (κ1) is 18.7. The van der Waals surface area contributed by atoms with Crippen molar-refractivity contribution in [2.75, 3.05) is 0 Å². The van der Waals surface area contributed by atoms with Gasteiger partial charge in [0.05, 0.1) is 29.3 Å². The first-order chi connectivity index (χ1) is 13.9. The second-order valence-electron chi connectivity index (χ2n) is 6.70. The number of nitriles is 1. The molecule has 1 aromatic heterocycles. The summed E-state index contributed by atoms with van der Waals surface area (Å²) in [6.45, 7) is 1.77. The molecule has 3 aromatic rings. The van der Waals surface area contributed by atoms with Crippen molar-refractivity contribution in [2.24, 2.45) is 4.99 Å². The van der Waals surface area contributed by atoms with E-state index in [1.807, 2.05) is 17.5 Å².